The molecule has 8 heteroatoms. The monoisotopic (exact) mass is 393 g/mol. The van der Waals surface area contributed by atoms with Gasteiger partial charge in [-0.3, -0.25) is 4.57 Å². The van der Waals surface area contributed by atoms with Crippen molar-refractivity contribution in [2.75, 3.05) is 12.9 Å². The van der Waals surface area contributed by atoms with Crippen LogP contribution < -0.4 is 4.74 Å². The lowest BCUT2D eigenvalue weighted by Crippen LogP contribution is -2.08. The smallest absolute Gasteiger partial charge is 0.389 e. The van der Waals surface area contributed by atoms with Crippen molar-refractivity contribution in [3.8, 4) is 22.8 Å². The van der Waals surface area contributed by atoms with E-state index in [1.54, 1.807) is 17.7 Å². The van der Waals surface area contributed by atoms with Crippen LogP contribution in [0, 0.1) is 6.92 Å². The molecule has 27 heavy (non-hydrogen) atoms. The Morgan fingerprint density at radius 1 is 1.04 bits per heavy atom. The summed E-state index contributed by atoms with van der Waals surface area (Å²) in [6.45, 7) is 1.97. The SMILES string of the molecule is COc1ccccc1-c1nnc(SCCC(F)(F)F)n1-c1ccc(C)cc1. The summed E-state index contributed by atoms with van der Waals surface area (Å²) in [5.74, 6) is 1.01. The van der Waals surface area contributed by atoms with Crippen LogP contribution in [-0.2, 0) is 0 Å². The van der Waals surface area contributed by atoms with E-state index in [4.69, 9.17) is 4.74 Å². The first-order valence-electron chi connectivity index (χ1n) is 8.24. The standard InChI is InChI=1S/C19H18F3N3OS/c1-13-7-9-14(10-8-13)25-17(15-5-3-4-6-16(15)26-2)23-24-18(25)27-12-11-19(20,21)22/h3-10H,11-12H2,1-2H3. The zero-order chi connectivity index (χ0) is 19.4. The second-order valence-corrected chi connectivity index (χ2v) is 6.95. The van der Waals surface area contributed by atoms with Crippen LogP contribution in [0.15, 0.2) is 53.7 Å². The predicted octanol–water partition coefficient (Wildman–Crippen LogP) is 5.30. The fraction of sp³-hybridized carbons (Fsp3) is 0.263. The number of hydrogen-bond acceptors (Lipinski definition) is 4. The van der Waals surface area contributed by atoms with Crippen molar-refractivity contribution >= 4 is 11.8 Å². The first-order chi connectivity index (χ1) is 12.9. The first-order valence-corrected chi connectivity index (χ1v) is 9.23. The molecule has 3 rings (SSSR count). The summed E-state index contributed by atoms with van der Waals surface area (Å²) in [7, 11) is 1.56. The van der Waals surface area contributed by atoms with Gasteiger partial charge in [0.2, 0.25) is 0 Å². The maximum Gasteiger partial charge on any atom is 0.389 e. The van der Waals surface area contributed by atoms with E-state index < -0.39 is 12.6 Å². The molecule has 0 spiro atoms. The number of benzene rings is 2. The lowest BCUT2D eigenvalue weighted by atomic mass is 10.1. The average molecular weight is 393 g/mol. The molecular weight excluding hydrogens is 375 g/mol. The van der Waals surface area contributed by atoms with Crippen molar-refractivity contribution in [3.63, 3.8) is 0 Å². The summed E-state index contributed by atoms with van der Waals surface area (Å²) in [6.07, 6.45) is -5.09. The Hall–Kier alpha value is -2.48. The molecule has 0 saturated heterocycles. The number of rotatable bonds is 6. The Morgan fingerprint density at radius 2 is 1.74 bits per heavy atom. The van der Waals surface area contributed by atoms with Gasteiger partial charge in [0.05, 0.1) is 19.1 Å². The molecule has 0 saturated carbocycles. The van der Waals surface area contributed by atoms with Gasteiger partial charge in [-0.15, -0.1) is 10.2 Å². The van der Waals surface area contributed by atoms with Gasteiger partial charge in [0.1, 0.15) is 5.75 Å². The van der Waals surface area contributed by atoms with Gasteiger partial charge in [0.25, 0.3) is 0 Å². The summed E-state index contributed by atoms with van der Waals surface area (Å²) in [5, 5.41) is 8.79. The fourth-order valence-corrected chi connectivity index (χ4v) is 3.49. The van der Waals surface area contributed by atoms with Crippen LogP contribution in [0.3, 0.4) is 0 Å². The quantitative estimate of drug-likeness (QED) is 0.533. The molecule has 0 bridgehead atoms. The van der Waals surface area contributed by atoms with Gasteiger partial charge < -0.3 is 4.74 Å². The molecule has 0 N–H and O–H groups in total. The highest BCUT2D eigenvalue weighted by Crippen LogP contribution is 2.34. The van der Waals surface area contributed by atoms with Crippen LogP contribution in [-0.4, -0.2) is 33.8 Å². The Morgan fingerprint density at radius 3 is 2.41 bits per heavy atom. The number of halogens is 3. The number of hydrogen-bond donors (Lipinski definition) is 0. The van der Waals surface area contributed by atoms with Gasteiger partial charge in [0, 0.05) is 11.4 Å². The highest BCUT2D eigenvalue weighted by molar-refractivity contribution is 7.99. The number of alkyl halides is 3. The molecule has 0 radical (unpaired) electrons. The number of aryl methyl sites for hydroxylation is 1. The Labute approximate surface area is 159 Å². The lowest BCUT2D eigenvalue weighted by Gasteiger charge is -2.13. The van der Waals surface area contributed by atoms with Crippen LogP contribution in [0.4, 0.5) is 13.2 Å². The number of nitrogens with zero attached hydrogens (tertiary/aromatic N) is 3. The highest BCUT2D eigenvalue weighted by atomic mass is 32.2. The zero-order valence-corrected chi connectivity index (χ0v) is 15.6. The van der Waals surface area contributed by atoms with Crippen molar-refractivity contribution in [3.05, 3.63) is 54.1 Å². The molecule has 3 aromatic rings. The van der Waals surface area contributed by atoms with E-state index in [-0.39, 0.29) is 5.75 Å². The molecule has 0 atom stereocenters. The van der Waals surface area contributed by atoms with E-state index in [0.717, 1.165) is 28.6 Å². The normalized spacial score (nSPS) is 11.6. The number of methoxy groups -OCH3 is 1. The van der Waals surface area contributed by atoms with E-state index >= 15 is 0 Å². The average Bonchev–Trinajstić information content (AvgIpc) is 3.05. The minimum atomic E-state index is -4.20. The number of para-hydroxylation sites is 1. The van der Waals surface area contributed by atoms with Gasteiger partial charge in [-0.1, -0.05) is 41.6 Å². The molecule has 4 nitrogen and oxygen atoms in total. The Kier molecular flexibility index (Phi) is 5.74. The third kappa shape index (κ3) is 4.63. The maximum absolute atomic E-state index is 12.5. The van der Waals surface area contributed by atoms with Crippen molar-refractivity contribution in [2.45, 2.75) is 24.7 Å². The van der Waals surface area contributed by atoms with E-state index in [2.05, 4.69) is 10.2 Å². The van der Waals surface area contributed by atoms with Crippen molar-refractivity contribution in [1.82, 2.24) is 14.8 Å². The van der Waals surface area contributed by atoms with E-state index in [1.807, 2.05) is 49.4 Å². The Balaban J connectivity index is 2.04. The van der Waals surface area contributed by atoms with Crippen molar-refractivity contribution in [1.29, 1.82) is 0 Å². The molecule has 0 unspecified atom stereocenters. The minimum Gasteiger partial charge on any atom is -0.496 e. The van der Waals surface area contributed by atoms with Gasteiger partial charge in [0.15, 0.2) is 11.0 Å². The zero-order valence-electron chi connectivity index (χ0n) is 14.8. The summed E-state index contributed by atoms with van der Waals surface area (Å²) in [4.78, 5) is 0. The van der Waals surface area contributed by atoms with Gasteiger partial charge in [-0.2, -0.15) is 13.2 Å². The topological polar surface area (TPSA) is 39.9 Å². The van der Waals surface area contributed by atoms with Crippen LogP contribution >= 0.6 is 11.8 Å². The Bertz CT molecular complexity index is 907. The third-order valence-electron chi connectivity index (χ3n) is 3.89. The fourth-order valence-electron chi connectivity index (χ4n) is 2.55. The molecule has 0 aliphatic rings. The first kappa shape index (κ1) is 19.3. The molecular formula is C19H18F3N3OS. The van der Waals surface area contributed by atoms with Gasteiger partial charge >= 0.3 is 6.18 Å². The highest BCUT2D eigenvalue weighted by Gasteiger charge is 2.27. The van der Waals surface area contributed by atoms with Crippen LogP contribution in [0.1, 0.15) is 12.0 Å². The van der Waals surface area contributed by atoms with Gasteiger partial charge in [-0.05, 0) is 31.2 Å². The van der Waals surface area contributed by atoms with Crippen LogP contribution in [0.5, 0.6) is 5.75 Å². The largest absolute Gasteiger partial charge is 0.496 e. The molecule has 0 amide bonds. The van der Waals surface area contributed by atoms with E-state index in [1.165, 1.54) is 0 Å². The second-order valence-electron chi connectivity index (χ2n) is 5.89. The molecule has 0 aliphatic carbocycles. The predicted molar refractivity (Wildman–Crippen MR) is 99.5 cm³/mol. The molecule has 2 aromatic carbocycles. The lowest BCUT2D eigenvalue weighted by molar-refractivity contribution is -0.129. The van der Waals surface area contributed by atoms with Crippen LogP contribution in [0.25, 0.3) is 17.1 Å². The molecule has 0 aliphatic heterocycles. The molecule has 1 heterocycles. The number of ether oxygens (including phenoxy) is 1. The summed E-state index contributed by atoms with van der Waals surface area (Å²) < 4.78 is 44.7. The summed E-state index contributed by atoms with van der Waals surface area (Å²) in [5.41, 5.74) is 2.58. The second kappa shape index (κ2) is 8.04. The van der Waals surface area contributed by atoms with Crippen LogP contribution in [0.2, 0.25) is 0 Å². The van der Waals surface area contributed by atoms with Crippen molar-refractivity contribution in [2.24, 2.45) is 0 Å². The molecule has 0 fully saturated rings. The number of aromatic nitrogens is 3. The third-order valence-corrected chi connectivity index (χ3v) is 4.82. The molecule has 142 valence electrons. The minimum absolute atomic E-state index is 0.126. The van der Waals surface area contributed by atoms with E-state index in [9.17, 15) is 13.2 Å². The number of thioether (sulfide) groups is 1. The van der Waals surface area contributed by atoms with Crippen molar-refractivity contribution < 1.29 is 17.9 Å². The van der Waals surface area contributed by atoms with Gasteiger partial charge in [-0.25, -0.2) is 0 Å². The van der Waals surface area contributed by atoms with E-state index in [0.29, 0.717) is 16.7 Å². The summed E-state index contributed by atoms with van der Waals surface area (Å²) >= 11 is 1.03. The molecule has 1 aromatic heterocycles. The maximum atomic E-state index is 12.5. The summed E-state index contributed by atoms with van der Waals surface area (Å²) in [6, 6.07) is 15.0.